The zero-order valence-corrected chi connectivity index (χ0v) is 28.1. The molecule has 14 heteroatoms. The number of hydrogen-bond acceptors (Lipinski definition) is 13. The van der Waals surface area contributed by atoms with E-state index in [2.05, 4.69) is 15.9 Å². The van der Waals surface area contributed by atoms with Crippen LogP contribution in [0.5, 0.6) is 0 Å². The van der Waals surface area contributed by atoms with Gasteiger partial charge in [0.05, 0.1) is 151 Å². The van der Waals surface area contributed by atoms with E-state index in [1.54, 1.807) is 24.3 Å². The first-order valence-corrected chi connectivity index (χ1v) is 16.6. The van der Waals surface area contributed by atoms with E-state index < -0.39 is 0 Å². The van der Waals surface area contributed by atoms with E-state index in [1.807, 2.05) is 6.07 Å². The lowest BCUT2D eigenvalue weighted by molar-refractivity contribution is -0.0279. The number of carbonyl (C=O) groups excluding carboxylic acids is 1. The Morgan fingerprint density at radius 2 is 0.622 bits per heavy atom. The Morgan fingerprint density at radius 1 is 0.378 bits per heavy atom. The first-order chi connectivity index (χ1) is 22.3. The van der Waals surface area contributed by atoms with Crippen molar-refractivity contribution in [2.24, 2.45) is 0 Å². The van der Waals surface area contributed by atoms with Gasteiger partial charge in [0, 0.05) is 5.33 Å². The number of esters is 1. The first-order valence-electron chi connectivity index (χ1n) is 15.5. The molecule has 0 fully saturated rings. The van der Waals surface area contributed by atoms with Gasteiger partial charge in [0.2, 0.25) is 0 Å². The van der Waals surface area contributed by atoms with Crippen LogP contribution in [0.25, 0.3) is 0 Å². The van der Waals surface area contributed by atoms with Crippen LogP contribution < -0.4 is 0 Å². The van der Waals surface area contributed by atoms with Crippen molar-refractivity contribution in [2.75, 3.05) is 157 Å². The molecule has 1 aromatic carbocycles. The Hall–Kier alpha value is -1.27. The van der Waals surface area contributed by atoms with Crippen LogP contribution in [0.15, 0.2) is 30.3 Å². The second kappa shape index (κ2) is 35.6. The molecular formula is C31H53BrO13. The van der Waals surface area contributed by atoms with Crippen LogP contribution in [-0.2, 0) is 56.8 Å². The highest BCUT2D eigenvalue weighted by molar-refractivity contribution is 9.09. The summed E-state index contributed by atoms with van der Waals surface area (Å²) in [5, 5.41) is 0.834. The second-order valence-corrected chi connectivity index (χ2v) is 9.72. The van der Waals surface area contributed by atoms with Gasteiger partial charge in [-0.05, 0) is 12.1 Å². The maximum absolute atomic E-state index is 11.8. The number of alkyl halides is 1. The van der Waals surface area contributed by atoms with E-state index in [0.29, 0.717) is 151 Å². The summed E-state index contributed by atoms with van der Waals surface area (Å²) in [6, 6.07) is 8.85. The molecule has 45 heavy (non-hydrogen) atoms. The monoisotopic (exact) mass is 712 g/mol. The van der Waals surface area contributed by atoms with Gasteiger partial charge in [0.25, 0.3) is 0 Å². The van der Waals surface area contributed by atoms with E-state index in [0.717, 1.165) is 5.33 Å². The van der Waals surface area contributed by atoms with Crippen molar-refractivity contribution in [2.45, 2.75) is 0 Å². The minimum atomic E-state index is -0.356. The van der Waals surface area contributed by atoms with Gasteiger partial charge in [0.15, 0.2) is 0 Å². The largest absolute Gasteiger partial charge is 0.460 e. The van der Waals surface area contributed by atoms with Crippen molar-refractivity contribution in [1.29, 1.82) is 0 Å². The average Bonchev–Trinajstić information content (AvgIpc) is 3.06. The number of halogens is 1. The standard InChI is InChI=1S/C31H53BrO13/c32-6-7-34-8-9-35-10-11-36-12-13-37-14-15-38-16-17-39-18-19-40-20-21-41-22-23-42-24-25-43-26-27-44-28-29-45-31(33)30-4-2-1-3-5-30/h1-5H,6-29H2. The summed E-state index contributed by atoms with van der Waals surface area (Å²) in [6.07, 6.45) is 0. The summed E-state index contributed by atoms with van der Waals surface area (Å²) in [5.74, 6) is -0.356. The molecule has 0 N–H and O–H groups in total. The summed E-state index contributed by atoms with van der Waals surface area (Å²) < 4.78 is 64.8. The van der Waals surface area contributed by atoms with E-state index in [4.69, 9.17) is 56.8 Å². The van der Waals surface area contributed by atoms with E-state index in [-0.39, 0.29) is 12.6 Å². The van der Waals surface area contributed by atoms with Crippen LogP contribution in [0.3, 0.4) is 0 Å². The summed E-state index contributed by atoms with van der Waals surface area (Å²) in [4.78, 5) is 11.8. The van der Waals surface area contributed by atoms with Crippen LogP contribution in [-0.4, -0.2) is 163 Å². The number of hydrogen-bond donors (Lipinski definition) is 0. The molecule has 0 radical (unpaired) electrons. The van der Waals surface area contributed by atoms with Gasteiger partial charge in [-0.2, -0.15) is 0 Å². The molecule has 0 aromatic heterocycles. The summed E-state index contributed by atoms with van der Waals surface area (Å²) >= 11 is 3.30. The molecule has 0 amide bonds. The third-order valence-corrected chi connectivity index (χ3v) is 5.74. The lowest BCUT2D eigenvalue weighted by Crippen LogP contribution is -2.15. The van der Waals surface area contributed by atoms with Crippen molar-refractivity contribution in [1.82, 2.24) is 0 Å². The van der Waals surface area contributed by atoms with Gasteiger partial charge < -0.3 is 56.8 Å². The van der Waals surface area contributed by atoms with Gasteiger partial charge in [-0.15, -0.1) is 0 Å². The normalized spacial score (nSPS) is 11.3. The highest BCUT2D eigenvalue weighted by atomic mass is 79.9. The fourth-order valence-corrected chi connectivity index (χ4v) is 3.44. The molecule has 0 aliphatic rings. The number of benzene rings is 1. The Labute approximate surface area is 276 Å². The highest BCUT2D eigenvalue weighted by Gasteiger charge is 2.05. The van der Waals surface area contributed by atoms with Crippen molar-refractivity contribution in [3.63, 3.8) is 0 Å². The van der Waals surface area contributed by atoms with Crippen LogP contribution in [0.1, 0.15) is 10.4 Å². The van der Waals surface area contributed by atoms with Crippen molar-refractivity contribution in [3.8, 4) is 0 Å². The smallest absolute Gasteiger partial charge is 0.338 e. The van der Waals surface area contributed by atoms with Crippen molar-refractivity contribution >= 4 is 21.9 Å². The zero-order chi connectivity index (χ0) is 32.1. The van der Waals surface area contributed by atoms with Crippen molar-refractivity contribution in [3.05, 3.63) is 35.9 Å². The molecular weight excluding hydrogens is 660 g/mol. The number of carbonyl (C=O) groups is 1. The van der Waals surface area contributed by atoms with Gasteiger partial charge in [-0.3, -0.25) is 0 Å². The maximum atomic E-state index is 11.8. The van der Waals surface area contributed by atoms with E-state index in [9.17, 15) is 4.79 Å². The average molecular weight is 714 g/mol. The molecule has 0 saturated carbocycles. The number of ether oxygens (including phenoxy) is 12. The molecule has 262 valence electrons. The highest BCUT2D eigenvalue weighted by Crippen LogP contribution is 2.00. The fraction of sp³-hybridized carbons (Fsp3) is 0.774. The predicted octanol–water partition coefficient (Wildman–Crippen LogP) is 2.42. The van der Waals surface area contributed by atoms with Crippen LogP contribution in [0.4, 0.5) is 0 Å². The molecule has 1 aromatic rings. The Kier molecular flexibility index (Phi) is 33.0. The van der Waals surface area contributed by atoms with E-state index in [1.165, 1.54) is 0 Å². The van der Waals surface area contributed by atoms with E-state index >= 15 is 0 Å². The third kappa shape index (κ3) is 31.1. The van der Waals surface area contributed by atoms with Crippen LogP contribution in [0.2, 0.25) is 0 Å². The van der Waals surface area contributed by atoms with Crippen LogP contribution >= 0.6 is 15.9 Å². The summed E-state index contributed by atoms with van der Waals surface area (Å²) in [7, 11) is 0. The Balaban J connectivity index is 1.63. The molecule has 0 aliphatic heterocycles. The predicted molar refractivity (Wildman–Crippen MR) is 170 cm³/mol. The van der Waals surface area contributed by atoms with Gasteiger partial charge >= 0.3 is 5.97 Å². The second-order valence-electron chi connectivity index (χ2n) is 8.93. The zero-order valence-electron chi connectivity index (χ0n) is 26.5. The number of rotatable bonds is 36. The van der Waals surface area contributed by atoms with Gasteiger partial charge in [-0.25, -0.2) is 4.79 Å². The fourth-order valence-electron chi connectivity index (χ4n) is 3.21. The summed E-state index contributed by atoms with van der Waals surface area (Å²) in [5.41, 5.74) is 0.526. The molecule has 0 aliphatic carbocycles. The molecule has 13 nitrogen and oxygen atoms in total. The molecule has 0 saturated heterocycles. The molecule has 0 spiro atoms. The Morgan fingerprint density at radius 3 is 0.889 bits per heavy atom. The lowest BCUT2D eigenvalue weighted by Gasteiger charge is -2.09. The third-order valence-electron chi connectivity index (χ3n) is 5.41. The maximum Gasteiger partial charge on any atom is 0.338 e. The lowest BCUT2D eigenvalue weighted by atomic mass is 10.2. The SMILES string of the molecule is O=C(OCCOCCOCCOCCOCCOCCOCCOCCOCCOCCOCCOCCBr)c1ccccc1. The molecule has 0 atom stereocenters. The quantitative estimate of drug-likeness (QED) is 0.0575. The summed E-state index contributed by atoms with van der Waals surface area (Å²) in [6.45, 7) is 11.3. The van der Waals surface area contributed by atoms with Gasteiger partial charge in [-0.1, -0.05) is 34.1 Å². The molecule has 0 unspecified atom stereocenters. The molecule has 0 heterocycles. The Bertz CT molecular complexity index is 733. The van der Waals surface area contributed by atoms with Gasteiger partial charge in [0.1, 0.15) is 6.61 Å². The minimum Gasteiger partial charge on any atom is -0.460 e. The minimum absolute atomic E-state index is 0.202. The van der Waals surface area contributed by atoms with Crippen LogP contribution in [0, 0.1) is 0 Å². The van der Waals surface area contributed by atoms with Crippen molar-refractivity contribution < 1.29 is 61.6 Å². The molecule has 0 bridgehead atoms. The topological polar surface area (TPSA) is 128 Å². The molecule has 1 rings (SSSR count). The first kappa shape index (κ1) is 41.8.